The highest BCUT2D eigenvalue weighted by molar-refractivity contribution is 6.31. The van der Waals surface area contributed by atoms with E-state index in [4.69, 9.17) is 18.4 Å². The molecule has 0 N–H and O–H groups in total. The van der Waals surface area contributed by atoms with E-state index in [1.807, 2.05) is 42.5 Å². The largest absolute Gasteiger partial charge is 0.455 e. The van der Waals surface area contributed by atoms with Gasteiger partial charge in [-0.25, -0.2) is 0 Å². The highest BCUT2D eigenvalue weighted by atomic mass is 16.3. The fourth-order valence-electron chi connectivity index (χ4n) is 18.8. The summed E-state index contributed by atoms with van der Waals surface area (Å²) in [5, 5.41) is 30.8. The monoisotopic (exact) mass is 1400 g/mol. The van der Waals surface area contributed by atoms with Gasteiger partial charge >= 0.3 is 0 Å². The van der Waals surface area contributed by atoms with Crippen molar-refractivity contribution in [1.82, 2.24) is 0 Å². The molecule has 26 aromatic rings. The zero-order chi connectivity index (χ0) is 82.0. The minimum atomic E-state index is -0.535. The van der Waals surface area contributed by atoms with Crippen LogP contribution in [0.1, 0.15) is 16.4 Å². The molecule has 2 aromatic heterocycles. The first kappa shape index (κ1) is 49.4. The predicted octanol–water partition coefficient (Wildman–Crippen LogP) is 31.1. The number of furan rings is 2. The molecular weight excluding hydrogens is 1330 g/mol. The van der Waals surface area contributed by atoms with Crippen LogP contribution in [0.15, 0.2) is 373 Å². The van der Waals surface area contributed by atoms with Crippen LogP contribution in [0.4, 0.5) is 0 Å². The fraction of sp³-hybridized carbons (Fsp3) is 0. The summed E-state index contributed by atoms with van der Waals surface area (Å²) in [5.41, 5.74) is 9.51. The maximum absolute atomic E-state index is 10.2. The maximum atomic E-state index is 10.2. The molecule has 0 radical (unpaired) electrons. The van der Waals surface area contributed by atoms with Crippen LogP contribution in [0, 0.1) is 0 Å². The molecule has 2 nitrogen and oxygen atoms in total. The third kappa shape index (κ3) is 8.59. The molecule has 0 atom stereocenters. The van der Waals surface area contributed by atoms with Gasteiger partial charge in [-0.15, -0.1) is 0 Å². The van der Waals surface area contributed by atoms with Crippen molar-refractivity contribution in [2.24, 2.45) is 0 Å². The molecule has 0 aliphatic heterocycles. The van der Waals surface area contributed by atoms with Gasteiger partial charge in [-0.05, 0) is 267 Å². The minimum Gasteiger partial charge on any atom is -0.455 e. The Hall–Kier alpha value is -14.4. The van der Waals surface area contributed by atoms with Crippen LogP contribution in [0.5, 0.6) is 0 Å². The summed E-state index contributed by atoms with van der Waals surface area (Å²) in [6.45, 7) is 0. The van der Waals surface area contributed by atoms with Crippen LogP contribution in [0.25, 0.3) is 261 Å². The van der Waals surface area contributed by atoms with Crippen LogP contribution in [-0.4, -0.2) is 0 Å². The molecule has 2 heterocycles. The molecular formula is C108H60O2. The summed E-state index contributed by atoms with van der Waals surface area (Å²) in [7, 11) is 0. The Balaban J connectivity index is 0.000000135. The lowest BCUT2D eigenvalue weighted by atomic mass is 9.85. The minimum absolute atomic E-state index is 0.0481. The molecule has 0 saturated heterocycles. The summed E-state index contributed by atoms with van der Waals surface area (Å²) in [6, 6.07) is 98.1. The summed E-state index contributed by atoms with van der Waals surface area (Å²) < 4.78 is 125. The van der Waals surface area contributed by atoms with Gasteiger partial charge in [0.25, 0.3) is 0 Å². The van der Waals surface area contributed by atoms with Gasteiger partial charge in [-0.3, -0.25) is 0 Å². The van der Waals surface area contributed by atoms with Crippen LogP contribution >= 0.6 is 0 Å². The van der Waals surface area contributed by atoms with Gasteiger partial charge in [0.15, 0.2) is 0 Å². The van der Waals surface area contributed by atoms with Gasteiger partial charge in [0.2, 0.25) is 0 Å². The topological polar surface area (TPSA) is 26.3 Å². The molecule has 0 aliphatic rings. The SMILES string of the molecule is [2H]c1c(-c2ccc3ccc4cccc5ccc2c3c45)c([2H])c(-c2cccc3oc4c5ccccc5ccc4c23)c([2H])c1-c1ccc2ccc3cccc4ccc1c2c34.[2H]c1c([2H])c(-c2cc(-c3ccc4ccc5cccc6ccc3c4c56)cc(-c3ccc4ccc5cccc6ccc3c4c56)c2)c2c(oc3c4c([2H])c([2H])c([2H])c([2H])c4c([2H])c([2H])c32)c1[2H]. The second-order valence-electron chi connectivity index (χ2n) is 29.4. The van der Waals surface area contributed by atoms with Crippen molar-refractivity contribution in [2.45, 2.75) is 0 Å². The van der Waals surface area contributed by atoms with E-state index in [1.165, 1.54) is 21.5 Å². The van der Waals surface area contributed by atoms with E-state index >= 15 is 0 Å². The fourth-order valence-corrected chi connectivity index (χ4v) is 18.8. The number of fused-ring (bicyclic) bond motifs is 10. The molecule has 0 unspecified atom stereocenters. The molecule has 0 amide bonds. The Kier molecular flexibility index (Phi) is 10.1. The molecule has 26 rings (SSSR count). The lowest BCUT2D eigenvalue weighted by molar-refractivity contribution is 0.672. The quantitative estimate of drug-likeness (QED) is 0.155. The van der Waals surface area contributed by atoms with E-state index in [0.717, 1.165) is 174 Å². The Labute approximate surface area is 646 Å². The Morgan fingerprint density at radius 1 is 0.173 bits per heavy atom. The summed E-state index contributed by atoms with van der Waals surface area (Å²) in [6.07, 6.45) is 0. The van der Waals surface area contributed by atoms with Crippen LogP contribution < -0.4 is 0 Å². The second-order valence-corrected chi connectivity index (χ2v) is 29.4. The number of hydrogen-bond acceptors (Lipinski definition) is 2. The third-order valence-corrected chi connectivity index (χ3v) is 23.7. The van der Waals surface area contributed by atoms with Gasteiger partial charge in [-0.1, -0.05) is 303 Å². The summed E-state index contributed by atoms with van der Waals surface area (Å²) in [4.78, 5) is 0. The zero-order valence-corrected chi connectivity index (χ0v) is 58.5. The maximum Gasteiger partial charge on any atom is 0.143 e. The molecule has 0 saturated carbocycles. The van der Waals surface area contributed by atoms with Crippen molar-refractivity contribution in [2.75, 3.05) is 0 Å². The van der Waals surface area contributed by atoms with Crippen molar-refractivity contribution < 1.29 is 25.3 Å². The standard InChI is InChI=1S/2C54H30O/c2*1-2-11-44-31(6-1)18-27-47-53-43(12-5-13-48(53)55-54(44)47)40-29-38(41-23-19-36-16-14-32-7-3-9-34-21-25-45(41)51(36)49(32)34)28-39(30-40)42-24-20-37-17-15-33-8-4-10-35-22-26-46(42)52(37)50(33)35/h2*1-30H/i1D,2D,5D,6D,11D,12D,13D,18D,27D;28D,29D,30D. The number of benzene rings is 24. The highest BCUT2D eigenvalue weighted by Crippen LogP contribution is 2.50. The first-order valence-corrected chi connectivity index (χ1v) is 37.2. The number of rotatable bonds is 6. The molecule has 504 valence electrons. The van der Waals surface area contributed by atoms with Gasteiger partial charge in [-0.2, -0.15) is 0 Å². The lowest BCUT2D eigenvalue weighted by Gasteiger charge is -2.18. The normalized spacial score (nSPS) is 13.9. The third-order valence-electron chi connectivity index (χ3n) is 23.7. The van der Waals surface area contributed by atoms with E-state index in [2.05, 4.69) is 249 Å². The average molecular weight is 1400 g/mol. The molecule has 0 fully saturated rings. The Morgan fingerprint density at radius 2 is 0.527 bits per heavy atom. The van der Waals surface area contributed by atoms with Crippen LogP contribution in [-0.2, 0) is 0 Å². The molecule has 2 heteroatoms. The predicted molar refractivity (Wildman–Crippen MR) is 470 cm³/mol. The lowest BCUT2D eigenvalue weighted by Crippen LogP contribution is -1.91. The van der Waals surface area contributed by atoms with Gasteiger partial charge in [0.05, 0.1) is 16.4 Å². The van der Waals surface area contributed by atoms with E-state index in [1.54, 1.807) is 0 Å². The average Bonchev–Trinajstić information content (AvgIpc) is 1.26. The molecule has 0 spiro atoms. The van der Waals surface area contributed by atoms with Crippen LogP contribution in [0.2, 0.25) is 0 Å². The summed E-state index contributed by atoms with van der Waals surface area (Å²) >= 11 is 0. The molecule has 110 heavy (non-hydrogen) atoms. The van der Waals surface area contributed by atoms with Gasteiger partial charge in [0, 0.05) is 32.3 Å². The van der Waals surface area contributed by atoms with E-state index in [9.17, 15) is 6.85 Å². The van der Waals surface area contributed by atoms with Gasteiger partial charge < -0.3 is 8.83 Å². The first-order chi connectivity index (χ1) is 59.5. The second kappa shape index (κ2) is 22.6. The van der Waals surface area contributed by atoms with E-state index in [0.29, 0.717) is 27.8 Å². The molecule has 0 bridgehead atoms. The van der Waals surface area contributed by atoms with Crippen molar-refractivity contribution in [3.05, 3.63) is 364 Å². The van der Waals surface area contributed by atoms with Crippen molar-refractivity contribution in [3.63, 3.8) is 0 Å². The molecule has 24 aromatic carbocycles. The first-order valence-electron chi connectivity index (χ1n) is 43.2. The molecule has 0 aliphatic carbocycles. The van der Waals surface area contributed by atoms with Crippen LogP contribution in [0.3, 0.4) is 0 Å². The van der Waals surface area contributed by atoms with E-state index < -0.39 is 42.3 Å². The number of hydrogen-bond donors (Lipinski definition) is 0. The van der Waals surface area contributed by atoms with Crippen molar-refractivity contribution in [1.29, 1.82) is 0 Å². The summed E-state index contributed by atoms with van der Waals surface area (Å²) in [5.74, 6) is 0. The van der Waals surface area contributed by atoms with Gasteiger partial charge in [0.1, 0.15) is 22.3 Å². The van der Waals surface area contributed by atoms with Crippen molar-refractivity contribution >= 4 is 195 Å². The van der Waals surface area contributed by atoms with Crippen molar-refractivity contribution in [3.8, 4) is 66.8 Å². The van der Waals surface area contributed by atoms with E-state index in [-0.39, 0.29) is 68.5 Å². The highest BCUT2D eigenvalue weighted by Gasteiger charge is 2.24. The Bertz CT molecular complexity index is 8800. The smallest absolute Gasteiger partial charge is 0.143 e. The Morgan fingerprint density at radius 3 is 1.02 bits per heavy atom. The zero-order valence-electron chi connectivity index (χ0n) is 70.5.